The van der Waals surface area contributed by atoms with Gasteiger partial charge in [-0.25, -0.2) is 0 Å². The highest BCUT2D eigenvalue weighted by atomic mass is 32.2. The molecule has 1 saturated carbocycles. The Balaban J connectivity index is 1.78. The van der Waals surface area contributed by atoms with Crippen molar-refractivity contribution in [1.29, 1.82) is 0 Å². The van der Waals surface area contributed by atoms with Crippen LogP contribution < -0.4 is 0 Å². The lowest BCUT2D eigenvalue weighted by Gasteiger charge is -2.24. The van der Waals surface area contributed by atoms with E-state index in [1.165, 1.54) is 30.6 Å². The predicted octanol–water partition coefficient (Wildman–Crippen LogP) is 5.31. The molecule has 0 spiro atoms. The maximum absolute atomic E-state index is 2.55. The zero-order valence-electron chi connectivity index (χ0n) is 13.9. The van der Waals surface area contributed by atoms with Crippen molar-refractivity contribution in [2.45, 2.75) is 57.0 Å². The van der Waals surface area contributed by atoms with Crippen molar-refractivity contribution in [3.8, 4) is 0 Å². The standard InChI is InChI=1S/C20H29S/c1-15(12-17-8-6-5-7-9-17)14-21-19-13-18(20(21,3)4)11-10-16(19)2/h5-9,12,16,18-19H,10-11,13-14H2,1-4H3/q+1/b15-12+. The summed E-state index contributed by atoms with van der Waals surface area (Å²) in [6.07, 6.45) is 6.82. The number of fused-ring (bicyclic) bond motifs is 2. The molecule has 1 aliphatic carbocycles. The lowest BCUT2D eigenvalue weighted by atomic mass is 9.78. The molecule has 1 aliphatic heterocycles. The minimum atomic E-state index is 0.555. The number of rotatable bonds is 3. The van der Waals surface area contributed by atoms with Crippen LogP contribution in [0, 0.1) is 11.8 Å². The van der Waals surface area contributed by atoms with Crippen LogP contribution in [0.15, 0.2) is 35.9 Å². The topological polar surface area (TPSA) is 0 Å². The third-order valence-electron chi connectivity index (χ3n) is 5.74. The van der Waals surface area contributed by atoms with E-state index in [9.17, 15) is 0 Å². The zero-order chi connectivity index (χ0) is 15.0. The molecule has 2 bridgehead atoms. The highest BCUT2D eigenvalue weighted by Crippen LogP contribution is 2.52. The molecule has 0 nitrogen and oxygen atoms in total. The van der Waals surface area contributed by atoms with E-state index in [0.717, 1.165) is 17.1 Å². The van der Waals surface area contributed by atoms with Gasteiger partial charge in [0, 0.05) is 29.2 Å². The molecule has 2 fully saturated rings. The molecule has 114 valence electrons. The quantitative estimate of drug-likeness (QED) is 0.664. The second-order valence-electron chi connectivity index (χ2n) is 7.60. The van der Waals surface area contributed by atoms with E-state index >= 15 is 0 Å². The molecule has 1 aromatic carbocycles. The van der Waals surface area contributed by atoms with Crippen molar-refractivity contribution < 1.29 is 0 Å². The highest BCUT2D eigenvalue weighted by molar-refractivity contribution is 7.99. The molecular weight excluding hydrogens is 272 g/mol. The van der Waals surface area contributed by atoms with Gasteiger partial charge in [0.25, 0.3) is 0 Å². The number of hydrogen-bond acceptors (Lipinski definition) is 0. The summed E-state index contributed by atoms with van der Waals surface area (Å²) in [6.45, 7) is 9.94. The fourth-order valence-electron chi connectivity index (χ4n) is 4.33. The fraction of sp³-hybridized carbons (Fsp3) is 0.600. The SMILES string of the molecule is C/C(=C\c1ccccc1)C[S+]1C2CC(CCC2C)C1(C)C. The first-order valence-electron chi connectivity index (χ1n) is 8.40. The average Bonchev–Trinajstić information content (AvgIpc) is 2.65. The van der Waals surface area contributed by atoms with E-state index in [2.05, 4.69) is 64.1 Å². The summed E-state index contributed by atoms with van der Waals surface area (Å²) in [5, 5.41) is 0.984. The average molecular weight is 302 g/mol. The lowest BCUT2D eigenvalue weighted by Crippen LogP contribution is -2.37. The first-order valence-corrected chi connectivity index (χ1v) is 9.86. The van der Waals surface area contributed by atoms with E-state index in [1.54, 1.807) is 5.57 Å². The van der Waals surface area contributed by atoms with Crippen LogP contribution in [0.5, 0.6) is 0 Å². The van der Waals surface area contributed by atoms with E-state index < -0.39 is 0 Å². The number of hydrogen-bond donors (Lipinski definition) is 0. The molecule has 4 atom stereocenters. The molecule has 1 saturated heterocycles. The normalized spacial score (nSPS) is 35.0. The van der Waals surface area contributed by atoms with Crippen LogP contribution in [0.25, 0.3) is 6.08 Å². The summed E-state index contributed by atoms with van der Waals surface area (Å²) in [4.78, 5) is 0. The molecular formula is C20H29S+. The van der Waals surface area contributed by atoms with Gasteiger partial charge in [-0.3, -0.25) is 0 Å². The van der Waals surface area contributed by atoms with Crippen molar-refractivity contribution >= 4 is 17.0 Å². The fourth-order valence-corrected chi connectivity index (χ4v) is 8.07. The molecule has 0 N–H and O–H groups in total. The molecule has 0 aromatic heterocycles. The lowest BCUT2D eigenvalue weighted by molar-refractivity contribution is 0.290. The monoisotopic (exact) mass is 301 g/mol. The molecule has 3 rings (SSSR count). The Labute approximate surface area is 133 Å². The maximum Gasteiger partial charge on any atom is 0.130 e. The van der Waals surface area contributed by atoms with Gasteiger partial charge in [0.05, 0.1) is 0 Å². The first kappa shape index (κ1) is 15.2. The van der Waals surface area contributed by atoms with Gasteiger partial charge < -0.3 is 0 Å². The summed E-state index contributed by atoms with van der Waals surface area (Å²) >= 11 is 0. The Bertz CT molecular complexity index is 514. The van der Waals surface area contributed by atoms with Crippen LogP contribution in [0.2, 0.25) is 0 Å². The second-order valence-corrected chi connectivity index (χ2v) is 10.4. The summed E-state index contributed by atoms with van der Waals surface area (Å²) in [7, 11) is 0.555. The first-order chi connectivity index (χ1) is 9.98. The molecule has 0 amide bonds. The molecule has 21 heavy (non-hydrogen) atoms. The Hall–Kier alpha value is -0.690. The van der Waals surface area contributed by atoms with Crippen LogP contribution in [0.4, 0.5) is 0 Å². The van der Waals surface area contributed by atoms with Gasteiger partial charge in [0.1, 0.15) is 15.7 Å². The predicted molar refractivity (Wildman–Crippen MR) is 96.7 cm³/mol. The van der Waals surface area contributed by atoms with Gasteiger partial charge >= 0.3 is 0 Å². The van der Waals surface area contributed by atoms with E-state index in [4.69, 9.17) is 0 Å². The second kappa shape index (κ2) is 5.83. The molecule has 1 aromatic rings. The molecule has 0 radical (unpaired) electrons. The third-order valence-corrected chi connectivity index (χ3v) is 9.58. The molecule has 1 heteroatoms. The Morgan fingerprint density at radius 1 is 1.24 bits per heavy atom. The van der Waals surface area contributed by atoms with Crippen molar-refractivity contribution in [2.24, 2.45) is 11.8 Å². The summed E-state index contributed by atoms with van der Waals surface area (Å²) < 4.78 is 0.557. The van der Waals surface area contributed by atoms with Gasteiger partial charge in [0.2, 0.25) is 0 Å². The van der Waals surface area contributed by atoms with Crippen LogP contribution in [0.1, 0.15) is 52.5 Å². The largest absolute Gasteiger partial charge is 0.130 e. The van der Waals surface area contributed by atoms with Gasteiger partial charge in [-0.05, 0) is 44.7 Å². The van der Waals surface area contributed by atoms with Crippen molar-refractivity contribution in [2.75, 3.05) is 5.75 Å². The van der Waals surface area contributed by atoms with E-state index in [0.29, 0.717) is 15.6 Å². The minimum Gasteiger partial charge on any atom is -0.0622 e. The minimum absolute atomic E-state index is 0.555. The van der Waals surface area contributed by atoms with Crippen molar-refractivity contribution in [3.05, 3.63) is 41.5 Å². The molecule has 2 aliphatic rings. The third kappa shape index (κ3) is 2.95. The maximum atomic E-state index is 2.55. The summed E-state index contributed by atoms with van der Waals surface area (Å²) in [5.74, 6) is 3.23. The van der Waals surface area contributed by atoms with Crippen molar-refractivity contribution in [3.63, 3.8) is 0 Å². The van der Waals surface area contributed by atoms with Gasteiger partial charge in [-0.1, -0.05) is 43.3 Å². The smallest absolute Gasteiger partial charge is 0.0622 e. The highest BCUT2D eigenvalue weighted by Gasteiger charge is 2.60. The van der Waals surface area contributed by atoms with Gasteiger partial charge in [-0.2, -0.15) is 0 Å². The van der Waals surface area contributed by atoms with E-state index in [-0.39, 0.29) is 0 Å². The Morgan fingerprint density at radius 3 is 2.67 bits per heavy atom. The van der Waals surface area contributed by atoms with E-state index in [1.807, 2.05) is 0 Å². The summed E-state index contributed by atoms with van der Waals surface area (Å²) in [6, 6.07) is 10.8. The molecule has 1 heterocycles. The molecule has 4 unspecified atom stereocenters. The van der Waals surface area contributed by atoms with Crippen LogP contribution in [0.3, 0.4) is 0 Å². The Kier molecular flexibility index (Phi) is 4.23. The van der Waals surface area contributed by atoms with Gasteiger partial charge in [-0.15, -0.1) is 0 Å². The van der Waals surface area contributed by atoms with Crippen LogP contribution in [-0.4, -0.2) is 15.7 Å². The van der Waals surface area contributed by atoms with Crippen LogP contribution in [-0.2, 0) is 10.9 Å². The Morgan fingerprint density at radius 2 is 1.95 bits per heavy atom. The zero-order valence-corrected chi connectivity index (χ0v) is 14.7. The van der Waals surface area contributed by atoms with Crippen molar-refractivity contribution in [1.82, 2.24) is 0 Å². The summed E-state index contributed by atoms with van der Waals surface area (Å²) in [5.41, 5.74) is 2.92. The van der Waals surface area contributed by atoms with Crippen LogP contribution >= 0.6 is 0 Å². The van der Waals surface area contributed by atoms with Gasteiger partial charge in [0.15, 0.2) is 0 Å². The number of benzene rings is 1.